The van der Waals surface area contributed by atoms with Crippen molar-refractivity contribution < 1.29 is 30.7 Å². The fraction of sp³-hybridized carbons (Fsp3) is 0.217. The molecule has 0 unspecified atom stereocenters. The van der Waals surface area contributed by atoms with E-state index in [1.807, 2.05) is 0 Å². The van der Waals surface area contributed by atoms with Crippen LogP contribution in [-0.2, 0) is 26.5 Å². The highest BCUT2D eigenvalue weighted by Crippen LogP contribution is 2.36. The van der Waals surface area contributed by atoms with Crippen LogP contribution in [0.3, 0.4) is 0 Å². The topological polar surface area (TPSA) is 102 Å². The normalized spacial score (nSPS) is 15.5. The summed E-state index contributed by atoms with van der Waals surface area (Å²) in [5.74, 6) is 0.329. The number of nitrogens with zero attached hydrogens (tertiary/aromatic N) is 1. The van der Waals surface area contributed by atoms with Gasteiger partial charge >= 0.3 is 0 Å². The van der Waals surface area contributed by atoms with Gasteiger partial charge in [0.25, 0.3) is 20.0 Å². The average molecular weight is 505 g/mol. The maximum Gasteiger partial charge on any atom is 0.264 e. The summed E-state index contributed by atoms with van der Waals surface area (Å²) >= 11 is 0. The van der Waals surface area contributed by atoms with Crippen LogP contribution in [0.1, 0.15) is 12.0 Å². The molecule has 0 aromatic heterocycles. The highest BCUT2D eigenvalue weighted by molar-refractivity contribution is 7.93. The van der Waals surface area contributed by atoms with Gasteiger partial charge in [0.2, 0.25) is 0 Å². The molecule has 0 spiro atoms. The van der Waals surface area contributed by atoms with E-state index in [2.05, 4.69) is 4.72 Å². The van der Waals surface area contributed by atoms with Crippen LogP contribution >= 0.6 is 0 Å². The largest absolute Gasteiger partial charge is 0.486 e. The van der Waals surface area contributed by atoms with Crippen LogP contribution in [0.4, 0.5) is 15.8 Å². The van der Waals surface area contributed by atoms with Crippen LogP contribution < -0.4 is 18.5 Å². The van der Waals surface area contributed by atoms with E-state index in [0.717, 1.165) is 12.1 Å². The highest BCUT2D eigenvalue weighted by atomic mass is 32.2. The summed E-state index contributed by atoms with van der Waals surface area (Å²) in [7, 11) is -7.80. The number of nitrogens with one attached hydrogen (secondary N) is 1. The molecule has 1 N–H and O–H groups in total. The highest BCUT2D eigenvalue weighted by Gasteiger charge is 2.29. The van der Waals surface area contributed by atoms with Crippen LogP contribution in [0.15, 0.2) is 70.5 Å². The average Bonchev–Trinajstić information content (AvgIpc) is 2.83. The standard InChI is InChI=1S/C23H21FN2O6S2/c24-17-3-6-19(7-4-17)34(29,30)26-11-1-2-16-14-18(5-9-21(16)26)25-33(27,28)20-8-10-22-23(15-20)32-13-12-31-22/h3-10,14-15,25H,1-2,11-13H2. The van der Waals surface area contributed by atoms with Gasteiger partial charge in [0, 0.05) is 18.3 Å². The Kier molecular flexibility index (Phi) is 5.61. The van der Waals surface area contributed by atoms with Gasteiger partial charge < -0.3 is 9.47 Å². The molecule has 0 saturated carbocycles. The Morgan fingerprint density at radius 3 is 2.29 bits per heavy atom. The molecule has 2 heterocycles. The fourth-order valence-electron chi connectivity index (χ4n) is 4.01. The molecule has 0 radical (unpaired) electrons. The van der Waals surface area contributed by atoms with Crippen LogP contribution in [0.2, 0.25) is 0 Å². The number of fused-ring (bicyclic) bond motifs is 2. The molecular weight excluding hydrogens is 483 g/mol. The van der Waals surface area contributed by atoms with Crippen LogP contribution in [0.25, 0.3) is 0 Å². The Labute approximate surface area is 197 Å². The third kappa shape index (κ3) is 4.16. The third-order valence-corrected chi connectivity index (χ3v) is 8.84. The number of rotatable bonds is 5. The SMILES string of the molecule is O=S(=O)(Nc1ccc2c(c1)CCCN2S(=O)(=O)c1ccc(F)cc1)c1ccc2c(c1)OCCO2. The summed E-state index contributed by atoms with van der Waals surface area (Å²) in [4.78, 5) is 0.0140. The predicted octanol–water partition coefficient (Wildman–Crippen LogP) is 3.54. The molecule has 0 fully saturated rings. The summed E-state index contributed by atoms with van der Waals surface area (Å²) in [6, 6.07) is 13.8. The number of sulfonamides is 2. The molecular formula is C23H21FN2O6S2. The van der Waals surface area contributed by atoms with Crippen LogP contribution in [0.5, 0.6) is 11.5 Å². The van der Waals surface area contributed by atoms with Crippen LogP contribution in [-0.4, -0.2) is 36.6 Å². The van der Waals surface area contributed by atoms with Gasteiger partial charge in [0.1, 0.15) is 19.0 Å². The van der Waals surface area contributed by atoms with E-state index >= 15 is 0 Å². The van der Waals surface area contributed by atoms with Crippen molar-refractivity contribution in [3.05, 3.63) is 72.0 Å². The second kappa shape index (κ2) is 8.48. The molecule has 2 aliphatic heterocycles. The number of hydrogen-bond donors (Lipinski definition) is 1. The van der Waals surface area contributed by atoms with Crippen molar-refractivity contribution >= 4 is 31.4 Å². The fourth-order valence-corrected chi connectivity index (χ4v) is 6.62. The lowest BCUT2D eigenvalue weighted by Gasteiger charge is -2.31. The predicted molar refractivity (Wildman–Crippen MR) is 124 cm³/mol. The molecule has 0 saturated heterocycles. The Morgan fingerprint density at radius 2 is 1.53 bits per heavy atom. The summed E-state index contributed by atoms with van der Waals surface area (Å²) < 4.78 is 80.2. The second-order valence-corrected chi connectivity index (χ2v) is 11.4. The van der Waals surface area contributed by atoms with E-state index in [1.54, 1.807) is 18.2 Å². The van der Waals surface area contributed by atoms with Gasteiger partial charge in [0.15, 0.2) is 11.5 Å². The zero-order valence-electron chi connectivity index (χ0n) is 17.9. The van der Waals surface area contributed by atoms with Crippen molar-refractivity contribution in [2.45, 2.75) is 22.6 Å². The lowest BCUT2D eigenvalue weighted by atomic mass is 10.0. The minimum Gasteiger partial charge on any atom is -0.486 e. The monoisotopic (exact) mass is 504 g/mol. The molecule has 8 nitrogen and oxygen atoms in total. The minimum absolute atomic E-state index is 0.00913. The quantitative estimate of drug-likeness (QED) is 0.570. The lowest BCUT2D eigenvalue weighted by Crippen LogP contribution is -2.35. The van der Waals surface area contributed by atoms with Gasteiger partial charge in [-0.2, -0.15) is 0 Å². The van der Waals surface area contributed by atoms with E-state index in [0.29, 0.717) is 54.5 Å². The van der Waals surface area contributed by atoms with Gasteiger partial charge in [-0.1, -0.05) is 0 Å². The van der Waals surface area contributed by atoms with Crippen LogP contribution in [0, 0.1) is 5.82 Å². The van der Waals surface area contributed by atoms with Crippen molar-refractivity contribution in [3.8, 4) is 11.5 Å². The van der Waals surface area contributed by atoms with E-state index in [9.17, 15) is 21.2 Å². The van der Waals surface area contributed by atoms with Gasteiger partial charge in [0.05, 0.1) is 15.5 Å². The number of anilines is 2. The van der Waals surface area contributed by atoms with E-state index < -0.39 is 25.9 Å². The maximum absolute atomic E-state index is 13.3. The van der Waals surface area contributed by atoms with Gasteiger partial charge in [-0.15, -0.1) is 0 Å². The Hall–Kier alpha value is -3.31. The third-order valence-electron chi connectivity index (χ3n) is 5.63. The minimum atomic E-state index is -3.92. The van der Waals surface area contributed by atoms with Gasteiger partial charge in [-0.3, -0.25) is 9.03 Å². The number of benzene rings is 3. The maximum atomic E-state index is 13.3. The van der Waals surface area contributed by atoms with Crippen molar-refractivity contribution in [1.29, 1.82) is 0 Å². The molecule has 34 heavy (non-hydrogen) atoms. The molecule has 2 aliphatic rings. The first kappa shape index (κ1) is 22.5. The molecule has 3 aromatic carbocycles. The molecule has 0 atom stereocenters. The van der Waals surface area contributed by atoms with Crippen molar-refractivity contribution in [2.75, 3.05) is 28.8 Å². The van der Waals surface area contributed by atoms with Crippen molar-refractivity contribution in [2.24, 2.45) is 0 Å². The lowest BCUT2D eigenvalue weighted by molar-refractivity contribution is 0.171. The molecule has 0 aliphatic carbocycles. The Morgan fingerprint density at radius 1 is 0.824 bits per heavy atom. The van der Waals surface area contributed by atoms with Crippen molar-refractivity contribution in [3.63, 3.8) is 0 Å². The summed E-state index contributed by atoms with van der Waals surface area (Å²) in [6.45, 7) is 1.02. The zero-order valence-corrected chi connectivity index (χ0v) is 19.5. The van der Waals surface area contributed by atoms with Gasteiger partial charge in [-0.05, 0) is 73.0 Å². The molecule has 3 aromatic rings. The first-order valence-corrected chi connectivity index (χ1v) is 13.5. The first-order chi connectivity index (χ1) is 16.2. The first-order valence-electron chi connectivity index (χ1n) is 10.6. The van der Waals surface area contributed by atoms with E-state index in [1.165, 1.54) is 34.6 Å². The second-order valence-electron chi connectivity index (χ2n) is 7.89. The number of ether oxygens (including phenoxy) is 2. The van der Waals surface area contributed by atoms with Gasteiger partial charge in [-0.25, -0.2) is 21.2 Å². The van der Waals surface area contributed by atoms with E-state index in [-0.39, 0.29) is 16.3 Å². The number of hydrogen-bond acceptors (Lipinski definition) is 6. The van der Waals surface area contributed by atoms with E-state index in [4.69, 9.17) is 9.47 Å². The number of halogens is 1. The zero-order chi connectivity index (χ0) is 23.9. The summed E-state index contributed by atoms with van der Waals surface area (Å²) in [5, 5.41) is 0. The molecule has 0 amide bonds. The van der Waals surface area contributed by atoms with Crippen molar-refractivity contribution in [1.82, 2.24) is 0 Å². The Balaban J connectivity index is 1.42. The molecule has 11 heteroatoms. The molecule has 178 valence electrons. The summed E-state index contributed by atoms with van der Waals surface area (Å²) in [5.41, 5.74) is 1.48. The summed E-state index contributed by atoms with van der Waals surface area (Å²) in [6.07, 6.45) is 1.15. The Bertz CT molecular complexity index is 1460. The molecule has 0 bridgehead atoms. The molecule has 5 rings (SSSR count). The smallest absolute Gasteiger partial charge is 0.264 e. The number of aryl methyl sites for hydroxylation is 1.